The molecule has 6 heteroatoms. The molecule has 2 N–H and O–H groups in total. The normalized spacial score (nSPS) is 11.7. The zero-order valence-electron chi connectivity index (χ0n) is 12.1. The Hall–Kier alpha value is -1.59. The average molecular weight is 295 g/mol. The monoisotopic (exact) mass is 294 g/mol. The Bertz CT molecular complexity index is 616. The Balaban J connectivity index is 2.70. The third-order valence-corrected chi connectivity index (χ3v) is 3.25. The molecule has 2 rings (SSSR count). The highest BCUT2D eigenvalue weighted by Gasteiger charge is 2.26. The smallest absolute Gasteiger partial charge is 0.144 e. The standard InChI is InChI=1S/C14H19ClN4O/c1-14(2,3)13-10(8-16)17-18-19(13)11-7-9(15)5-6-12(11)20-4/h5-7H,8,16H2,1-4H3. The zero-order chi connectivity index (χ0) is 14.9. The maximum Gasteiger partial charge on any atom is 0.144 e. The van der Waals surface area contributed by atoms with Crippen molar-refractivity contribution in [1.29, 1.82) is 0 Å². The molecule has 0 spiro atoms. The van der Waals surface area contributed by atoms with Gasteiger partial charge in [-0.2, -0.15) is 0 Å². The lowest BCUT2D eigenvalue weighted by molar-refractivity contribution is 0.409. The van der Waals surface area contributed by atoms with E-state index in [1.54, 1.807) is 17.9 Å². The molecule has 0 aliphatic carbocycles. The SMILES string of the molecule is COc1ccc(Cl)cc1-n1nnc(CN)c1C(C)(C)C. The predicted octanol–water partition coefficient (Wildman–Crippen LogP) is 2.69. The van der Waals surface area contributed by atoms with E-state index < -0.39 is 0 Å². The topological polar surface area (TPSA) is 66.0 Å². The van der Waals surface area contributed by atoms with Crippen molar-refractivity contribution in [3.05, 3.63) is 34.6 Å². The number of halogens is 1. The molecular formula is C14H19ClN4O. The van der Waals surface area contributed by atoms with E-state index in [0.717, 1.165) is 17.1 Å². The largest absolute Gasteiger partial charge is 0.494 e. The molecule has 0 atom stereocenters. The van der Waals surface area contributed by atoms with Gasteiger partial charge in [-0.05, 0) is 18.2 Å². The molecule has 1 heterocycles. The molecule has 0 aliphatic rings. The van der Waals surface area contributed by atoms with Crippen molar-refractivity contribution in [3.8, 4) is 11.4 Å². The summed E-state index contributed by atoms with van der Waals surface area (Å²) in [6.07, 6.45) is 0. The maximum absolute atomic E-state index is 6.09. The van der Waals surface area contributed by atoms with Crippen LogP contribution in [-0.2, 0) is 12.0 Å². The van der Waals surface area contributed by atoms with Gasteiger partial charge < -0.3 is 10.5 Å². The molecule has 108 valence electrons. The fourth-order valence-electron chi connectivity index (χ4n) is 2.20. The van der Waals surface area contributed by atoms with E-state index in [1.807, 2.05) is 12.1 Å². The molecule has 0 saturated carbocycles. The fraction of sp³-hybridized carbons (Fsp3) is 0.429. The number of ether oxygens (including phenoxy) is 1. The van der Waals surface area contributed by atoms with Gasteiger partial charge in [0.15, 0.2) is 0 Å². The van der Waals surface area contributed by atoms with Crippen LogP contribution in [0.3, 0.4) is 0 Å². The van der Waals surface area contributed by atoms with Crippen LogP contribution in [0.1, 0.15) is 32.2 Å². The van der Waals surface area contributed by atoms with Gasteiger partial charge in [0, 0.05) is 17.0 Å². The van der Waals surface area contributed by atoms with E-state index in [9.17, 15) is 0 Å². The Morgan fingerprint density at radius 2 is 2.05 bits per heavy atom. The lowest BCUT2D eigenvalue weighted by Crippen LogP contribution is -2.20. The van der Waals surface area contributed by atoms with Gasteiger partial charge >= 0.3 is 0 Å². The number of nitrogens with two attached hydrogens (primary N) is 1. The Labute approximate surface area is 123 Å². The van der Waals surface area contributed by atoms with Crippen LogP contribution in [0, 0.1) is 0 Å². The summed E-state index contributed by atoms with van der Waals surface area (Å²) in [5.74, 6) is 0.688. The lowest BCUT2D eigenvalue weighted by Gasteiger charge is -2.22. The van der Waals surface area contributed by atoms with Crippen molar-refractivity contribution in [1.82, 2.24) is 15.0 Å². The highest BCUT2D eigenvalue weighted by molar-refractivity contribution is 6.30. The maximum atomic E-state index is 6.09. The number of methoxy groups -OCH3 is 1. The molecule has 1 aromatic heterocycles. The third kappa shape index (κ3) is 2.64. The molecule has 2 aromatic rings. The summed E-state index contributed by atoms with van der Waals surface area (Å²) in [7, 11) is 1.62. The summed E-state index contributed by atoms with van der Waals surface area (Å²) < 4.78 is 7.14. The molecule has 1 aromatic carbocycles. The number of nitrogens with zero attached hydrogens (tertiary/aromatic N) is 3. The van der Waals surface area contributed by atoms with Gasteiger partial charge in [0.05, 0.1) is 12.8 Å². The Morgan fingerprint density at radius 3 is 2.60 bits per heavy atom. The molecular weight excluding hydrogens is 276 g/mol. The summed E-state index contributed by atoms with van der Waals surface area (Å²) in [6.45, 7) is 6.63. The highest BCUT2D eigenvalue weighted by Crippen LogP contribution is 2.32. The summed E-state index contributed by atoms with van der Waals surface area (Å²) in [5.41, 5.74) is 8.12. The van der Waals surface area contributed by atoms with E-state index in [2.05, 4.69) is 31.1 Å². The van der Waals surface area contributed by atoms with Crippen LogP contribution in [0.4, 0.5) is 0 Å². The van der Waals surface area contributed by atoms with Gasteiger partial charge in [-0.1, -0.05) is 37.6 Å². The molecule has 0 aliphatic heterocycles. The van der Waals surface area contributed by atoms with Gasteiger partial charge in [-0.3, -0.25) is 0 Å². The lowest BCUT2D eigenvalue weighted by atomic mass is 9.90. The van der Waals surface area contributed by atoms with Crippen LogP contribution in [0.2, 0.25) is 5.02 Å². The van der Waals surface area contributed by atoms with Crippen LogP contribution in [0.15, 0.2) is 18.2 Å². The van der Waals surface area contributed by atoms with Gasteiger partial charge in [-0.25, -0.2) is 4.68 Å². The van der Waals surface area contributed by atoms with Gasteiger partial charge in [0.1, 0.15) is 17.1 Å². The van der Waals surface area contributed by atoms with Gasteiger partial charge in [0.2, 0.25) is 0 Å². The summed E-state index contributed by atoms with van der Waals surface area (Å²) in [4.78, 5) is 0. The summed E-state index contributed by atoms with van der Waals surface area (Å²) in [5, 5.41) is 9.01. The number of aromatic nitrogens is 3. The second kappa shape index (κ2) is 5.42. The molecule has 0 fully saturated rings. The number of hydrogen-bond donors (Lipinski definition) is 1. The van der Waals surface area contributed by atoms with E-state index >= 15 is 0 Å². The molecule has 5 nitrogen and oxygen atoms in total. The molecule has 0 amide bonds. The molecule has 0 radical (unpaired) electrons. The van der Waals surface area contributed by atoms with Crippen molar-refractivity contribution in [3.63, 3.8) is 0 Å². The minimum absolute atomic E-state index is 0.147. The Morgan fingerprint density at radius 1 is 1.35 bits per heavy atom. The molecule has 20 heavy (non-hydrogen) atoms. The van der Waals surface area contributed by atoms with Crippen LogP contribution in [0.25, 0.3) is 5.69 Å². The minimum Gasteiger partial charge on any atom is -0.494 e. The quantitative estimate of drug-likeness (QED) is 0.945. The van der Waals surface area contributed by atoms with Crippen molar-refractivity contribution in [2.75, 3.05) is 7.11 Å². The zero-order valence-corrected chi connectivity index (χ0v) is 12.9. The number of rotatable bonds is 3. The van der Waals surface area contributed by atoms with E-state index in [0.29, 0.717) is 17.3 Å². The van der Waals surface area contributed by atoms with E-state index in [1.165, 1.54) is 0 Å². The van der Waals surface area contributed by atoms with Crippen molar-refractivity contribution in [2.45, 2.75) is 32.7 Å². The van der Waals surface area contributed by atoms with Crippen LogP contribution in [0.5, 0.6) is 5.75 Å². The number of benzene rings is 1. The van der Waals surface area contributed by atoms with Gasteiger partial charge in [0.25, 0.3) is 0 Å². The van der Waals surface area contributed by atoms with Gasteiger partial charge in [-0.15, -0.1) is 5.10 Å². The van der Waals surface area contributed by atoms with Crippen LogP contribution < -0.4 is 10.5 Å². The second-order valence-electron chi connectivity index (χ2n) is 5.57. The fourth-order valence-corrected chi connectivity index (χ4v) is 2.36. The predicted molar refractivity (Wildman–Crippen MR) is 79.5 cm³/mol. The molecule has 0 unspecified atom stereocenters. The molecule has 0 saturated heterocycles. The first-order chi connectivity index (χ1) is 9.38. The summed E-state index contributed by atoms with van der Waals surface area (Å²) >= 11 is 6.09. The minimum atomic E-state index is -0.147. The second-order valence-corrected chi connectivity index (χ2v) is 6.00. The van der Waals surface area contributed by atoms with E-state index in [4.69, 9.17) is 22.1 Å². The van der Waals surface area contributed by atoms with Crippen molar-refractivity contribution >= 4 is 11.6 Å². The third-order valence-electron chi connectivity index (χ3n) is 3.01. The first kappa shape index (κ1) is 14.8. The molecule has 0 bridgehead atoms. The van der Waals surface area contributed by atoms with Crippen LogP contribution >= 0.6 is 11.6 Å². The summed E-state index contributed by atoms with van der Waals surface area (Å²) in [6, 6.07) is 5.40. The first-order valence-electron chi connectivity index (χ1n) is 6.37. The van der Waals surface area contributed by atoms with Crippen molar-refractivity contribution < 1.29 is 4.74 Å². The highest BCUT2D eigenvalue weighted by atomic mass is 35.5. The number of hydrogen-bond acceptors (Lipinski definition) is 4. The van der Waals surface area contributed by atoms with E-state index in [-0.39, 0.29) is 5.41 Å². The van der Waals surface area contributed by atoms with Crippen molar-refractivity contribution in [2.24, 2.45) is 5.73 Å². The van der Waals surface area contributed by atoms with Crippen LogP contribution in [-0.4, -0.2) is 22.1 Å². The average Bonchev–Trinajstić information content (AvgIpc) is 2.82. The first-order valence-corrected chi connectivity index (χ1v) is 6.75. The Kier molecular flexibility index (Phi) is 4.01.